The molecule has 0 saturated carbocycles. The second-order valence-corrected chi connectivity index (χ2v) is 7.16. The Morgan fingerprint density at radius 1 is 1.19 bits per heavy atom. The van der Waals surface area contributed by atoms with E-state index in [-0.39, 0.29) is 5.91 Å². The number of nitrogens with one attached hydrogen (secondary N) is 2. The summed E-state index contributed by atoms with van der Waals surface area (Å²) < 4.78 is 0. The van der Waals surface area contributed by atoms with Crippen molar-refractivity contribution >= 4 is 16.8 Å². The number of aromatic amines is 1. The molecular formula is C21H24N4O. The van der Waals surface area contributed by atoms with Gasteiger partial charge in [-0.05, 0) is 63.3 Å². The number of carbonyl (C=O) groups is 1. The van der Waals surface area contributed by atoms with E-state index in [1.807, 2.05) is 32.0 Å². The van der Waals surface area contributed by atoms with Crippen molar-refractivity contribution in [2.45, 2.75) is 46.0 Å². The number of aryl methyl sites for hydroxylation is 3. The molecule has 0 saturated heterocycles. The van der Waals surface area contributed by atoms with Crippen LogP contribution < -0.4 is 5.32 Å². The Hall–Kier alpha value is -2.69. The number of hydrogen-bond acceptors (Lipinski definition) is 3. The van der Waals surface area contributed by atoms with Crippen molar-refractivity contribution in [3.8, 4) is 0 Å². The molecule has 0 spiro atoms. The van der Waals surface area contributed by atoms with Crippen LogP contribution in [-0.4, -0.2) is 27.6 Å². The van der Waals surface area contributed by atoms with Crippen LogP contribution >= 0.6 is 0 Å². The molecule has 1 aliphatic carbocycles. The SMILES string of the molecule is Cc1ccc2nc(C)c(C(=O)NCCc3n[nH]c4c3CCCC4)cc2c1. The number of amides is 1. The van der Waals surface area contributed by atoms with Gasteiger partial charge in [0, 0.05) is 24.0 Å². The molecule has 1 amide bonds. The second-order valence-electron chi connectivity index (χ2n) is 7.16. The number of aromatic nitrogens is 3. The summed E-state index contributed by atoms with van der Waals surface area (Å²) in [6.07, 6.45) is 5.42. The molecule has 2 heterocycles. The van der Waals surface area contributed by atoms with Crippen LogP contribution in [0.25, 0.3) is 10.9 Å². The summed E-state index contributed by atoms with van der Waals surface area (Å²) in [7, 11) is 0. The number of benzene rings is 1. The molecule has 0 unspecified atom stereocenters. The highest BCUT2D eigenvalue weighted by atomic mass is 16.1. The first-order chi connectivity index (χ1) is 12.6. The number of H-pyrrole nitrogens is 1. The van der Waals surface area contributed by atoms with Gasteiger partial charge in [-0.1, -0.05) is 11.6 Å². The fraction of sp³-hybridized carbons (Fsp3) is 0.381. The maximum absolute atomic E-state index is 12.6. The van der Waals surface area contributed by atoms with Crippen LogP contribution in [0.4, 0.5) is 0 Å². The van der Waals surface area contributed by atoms with E-state index in [0.717, 1.165) is 47.1 Å². The maximum atomic E-state index is 12.6. The minimum atomic E-state index is -0.0668. The summed E-state index contributed by atoms with van der Waals surface area (Å²) in [5.74, 6) is -0.0668. The van der Waals surface area contributed by atoms with Crippen LogP contribution in [0.5, 0.6) is 0 Å². The van der Waals surface area contributed by atoms with Crippen LogP contribution in [0.1, 0.15) is 51.4 Å². The average molecular weight is 348 g/mol. The Morgan fingerprint density at radius 2 is 2.04 bits per heavy atom. The van der Waals surface area contributed by atoms with Crippen LogP contribution in [0.2, 0.25) is 0 Å². The summed E-state index contributed by atoms with van der Waals surface area (Å²) in [4.78, 5) is 17.2. The molecule has 0 atom stereocenters. The lowest BCUT2D eigenvalue weighted by Crippen LogP contribution is -2.27. The van der Waals surface area contributed by atoms with E-state index in [2.05, 4.69) is 26.6 Å². The van der Waals surface area contributed by atoms with Crippen molar-refractivity contribution in [3.63, 3.8) is 0 Å². The minimum absolute atomic E-state index is 0.0668. The highest BCUT2D eigenvalue weighted by molar-refractivity contribution is 5.98. The highest BCUT2D eigenvalue weighted by Crippen LogP contribution is 2.22. The first-order valence-electron chi connectivity index (χ1n) is 9.33. The molecule has 1 aliphatic rings. The first-order valence-corrected chi connectivity index (χ1v) is 9.33. The van der Waals surface area contributed by atoms with Gasteiger partial charge >= 0.3 is 0 Å². The third kappa shape index (κ3) is 3.21. The number of nitrogens with zero attached hydrogens (tertiary/aromatic N) is 2. The van der Waals surface area contributed by atoms with Crippen molar-refractivity contribution in [3.05, 3.63) is 58.0 Å². The topological polar surface area (TPSA) is 70.7 Å². The number of carbonyl (C=O) groups excluding carboxylic acids is 1. The number of pyridine rings is 1. The van der Waals surface area contributed by atoms with Gasteiger partial charge in [-0.25, -0.2) is 0 Å². The molecule has 4 rings (SSSR count). The lowest BCUT2D eigenvalue weighted by Gasteiger charge is -2.12. The monoisotopic (exact) mass is 348 g/mol. The molecule has 3 aromatic rings. The smallest absolute Gasteiger partial charge is 0.253 e. The van der Waals surface area contributed by atoms with E-state index in [4.69, 9.17) is 0 Å². The first kappa shape index (κ1) is 16.8. The molecule has 134 valence electrons. The zero-order valence-electron chi connectivity index (χ0n) is 15.4. The van der Waals surface area contributed by atoms with Crippen LogP contribution in [0.3, 0.4) is 0 Å². The Morgan fingerprint density at radius 3 is 2.92 bits per heavy atom. The van der Waals surface area contributed by atoms with Gasteiger partial charge < -0.3 is 5.32 Å². The van der Waals surface area contributed by atoms with Gasteiger partial charge in [0.05, 0.1) is 22.5 Å². The predicted octanol–water partition coefficient (Wildman–Crippen LogP) is 3.43. The van der Waals surface area contributed by atoms with Crippen LogP contribution in [-0.2, 0) is 19.3 Å². The molecule has 2 aromatic heterocycles. The molecule has 26 heavy (non-hydrogen) atoms. The zero-order chi connectivity index (χ0) is 18.1. The second kappa shape index (κ2) is 6.90. The van der Waals surface area contributed by atoms with Gasteiger partial charge in [0.25, 0.3) is 5.91 Å². The third-order valence-electron chi connectivity index (χ3n) is 5.19. The normalized spacial score (nSPS) is 13.6. The summed E-state index contributed by atoms with van der Waals surface area (Å²) >= 11 is 0. The lowest BCUT2D eigenvalue weighted by molar-refractivity contribution is 0.0953. The molecule has 0 radical (unpaired) electrons. The van der Waals surface area contributed by atoms with E-state index in [1.54, 1.807) is 0 Å². The standard InChI is InChI=1S/C21H24N4O/c1-13-7-8-18-15(11-13)12-17(14(2)23-18)21(26)22-10-9-20-16-5-3-4-6-19(16)24-25-20/h7-8,11-12H,3-6,9-10H2,1-2H3,(H,22,26)(H,24,25). The molecule has 2 N–H and O–H groups in total. The third-order valence-corrected chi connectivity index (χ3v) is 5.19. The highest BCUT2D eigenvalue weighted by Gasteiger charge is 2.17. The summed E-state index contributed by atoms with van der Waals surface area (Å²) in [5, 5.41) is 11.6. The van der Waals surface area contributed by atoms with Crippen molar-refractivity contribution < 1.29 is 4.79 Å². The quantitative estimate of drug-likeness (QED) is 0.759. The zero-order valence-corrected chi connectivity index (χ0v) is 15.4. The molecule has 0 fully saturated rings. The fourth-order valence-corrected chi connectivity index (χ4v) is 3.77. The van der Waals surface area contributed by atoms with Crippen LogP contribution in [0.15, 0.2) is 24.3 Å². The summed E-state index contributed by atoms with van der Waals surface area (Å²) in [6.45, 7) is 4.52. The largest absolute Gasteiger partial charge is 0.352 e. The van der Waals surface area contributed by atoms with Gasteiger partial charge in [0.2, 0.25) is 0 Å². The van der Waals surface area contributed by atoms with Crippen molar-refractivity contribution in [1.29, 1.82) is 0 Å². The van der Waals surface area contributed by atoms with E-state index in [0.29, 0.717) is 12.1 Å². The van der Waals surface area contributed by atoms with Gasteiger partial charge in [0.1, 0.15) is 0 Å². The summed E-state index contributed by atoms with van der Waals surface area (Å²) in [6, 6.07) is 8.05. The Kier molecular flexibility index (Phi) is 4.45. The Balaban J connectivity index is 1.46. The van der Waals surface area contributed by atoms with Crippen molar-refractivity contribution in [2.75, 3.05) is 6.54 Å². The van der Waals surface area contributed by atoms with Crippen molar-refractivity contribution in [1.82, 2.24) is 20.5 Å². The fourth-order valence-electron chi connectivity index (χ4n) is 3.77. The van der Waals surface area contributed by atoms with Gasteiger partial charge in [-0.2, -0.15) is 5.10 Å². The van der Waals surface area contributed by atoms with Crippen molar-refractivity contribution in [2.24, 2.45) is 0 Å². The molecule has 1 aromatic carbocycles. The molecule has 5 heteroatoms. The number of fused-ring (bicyclic) bond motifs is 2. The molecule has 0 aliphatic heterocycles. The summed E-state index contributed by atoms with van der Waals surface area (Å²) in [5.41, 5.74) is 7.24. The van der Waals surface area contributed by atoms with E-state index in [9.17, 15) is 4.79 Å². The minimum Gasteiger partial charge on any atom is -0.352 e. The maximum Gasteiger partial charge on any atom is 0.253 e. The Labute approximate surface area is 153 Å². The number of hydrogen-bond donors (Lipinski definition) is 2. The van der Waals surface area contributed by atoms with Gasteiger partial charge in [-0.3, -0.25) is 14.9 Å². The van der Waals surface area contributed by atoms with Gasteiger partial charge in [-0.15, -0.1) is 0 Å². The molecule has 0 bridgehead atoms. The number of rotatable bonds is 4. The predicted molar refractivity (Wildman–Crippen MR) is 102 cm³/mol. The van der Waals surface area contributed by atoms with Crippen LogP contribution in [0, 0.1) is 13.8 Å². The van der Waals surface area contributed by atoms with E-state index in [1.165, 1.54) is 24.1 Å². The lowest BCUT2D eigenvalue weighted by atomic mass is 9.95. The molecular weight excluding hydrogens is 324 g/mol. The average Bonchev–Trinajstić information content (AvgIpc) is 3.05. The molecule has 5 nitrogen and oxygen atoms in total. The Bertz CT molecular complexity index is 974. The van der Waals surface area contributed by atoms with E-state index < -0.39 is 0 Å². The van der Waals surface area contributed by atoms with E-state index >= 15 is 0 Å². The van der Waals surface area contributed by atoms with Gasteiger partial charge in [0.15, 0.2) is 0 Å².